The third-order valence-electron chi connectivity index (χ3n) is 5.20. The van der Waals surface area contributed by atoms with E-state index in [0.717, 1.165) is 23.0 Å². The van der Waals surface area contributed by atoms with Gasteiger partial charge in [0.15, 0.2) is 0 Å². The largest absolute Gasteiger partial charge is 0.342 e. The molecule has 0 spiro atoms. The number of amides is 1. The number of nitrogens with one attached hydrogen (secondary N) is 1. The summed E-state index contributed by atoms with van der Waals surface area (Å²) in [6.45, 7) is 2.81. The number of hydrazone groups is 1. The van der Waals surface area contributed by atoms with Gasteiger partial charge >= 0.3 is 0 Å². The van der Waals surface area contributed by atoms with Crippen LogP contribution in [-0.4, -0.2) is 21.6 Å². The zero-order valence-corrected chi connectivity index (χ0v) is 17.6. The number of nitro groups is 1. The quantitative estimate of drug-likeness (QED) is 0.266. The Morgan fingerprint density at radius 1 is 1.03 bits per heavy atom. The van der Waals surface area contributed by atoms with E-state index >= 15 is 0 Å². The molecule has 0 aliphatic heterocycles. The molecule has 0 fully saturated rings. The van der Waals surface area contributed by atoms with Crippen LogP contribution in [0.1, 0.15) is 22.3 Å². The summed E-state index contributed by atoms with van der Waals surface area (Å²) in [6, 6.07) is 22.4. The Morgan fingerprint density at radius 3 is 2.44 bits per heavy atom. The second-order valence-corrected chi connectivity index (χ2v) is 7.61. The summed E-state index contributed by atoms with van der Waals surface area (Å²) < 4.78 is 2.17. The molecular formula is C25H22N4O3. The summed E-state index contributed by atoms with van der Waals surface area (Å²) in [6.07, 6.45) is 3.75. The first-order valence-corrected chi connectivity index (χ1v) is 10.2. The summed E-state index contributed by atoms with van der Waals surface area (Å²) in [7, 11) is 0. The molecule has 0 saturated heterocycles. The molecule has 4 rings (SSSR count). The predicted octanol–water partition coefficient (Wildman–Crippen LogP) is 4.60. The topological polar surface area (TPSA) is 89.5 Å². The van der Waals surface area contributed by atoms with Crippen LogP contribution in [0.4, 0.5) is 5.69 Å². The smallest absolute Gasteiger partial charge is 0.269 e. The molecule has 0 saturated carbocycles. The summed E-state index contributed by atoms with van der Waals surface area (Å²) in [5, 5.41) is 15.9. The number of non-ortho nitro benzene ring substituents is 1. The first-order valence-electron chi connectivity index (χ1n) is 10.2. The van der Waals surface area contributed by atoms with E-state index in [1.165, 1.54) is 23.3 Å². The third-order valence-corrected chi connectivity index (χ3v) is 5.20. The van der Waals surface area contributed by atoms with E-state index < -0.39 is 4.92 Å². The number of aryl methyl sites for hydroxylation is 1. The fourth-order valence-electron chi connectivity index (χ4n) is 3.53. The molecule has 7 nitrogen and oxygen atoms in total. The number of aromatic nitrogens is 1. The van der Waals surface area contributed by atoms with Gasteiger partial charge in [-0.05, 0) is 24.1 Å². The van der Waals surface area contributed by atoms with Crippen molar-refractivity contribution in [3.63, 3.8) is 0 Å². The van der Waals surface area contributed by atoms with Crippen molar-refractivity contribution in [3.8, 4) is 0 Å². The Morgan fingerprint density at radius 2 is 1.72 bits per heavy atom. The molecule has 1 aromatic heterocycles. The molecule has 1 N–H and O–H groups in total. The maximum absolute atomic E-state index is 12.2. The Hall–Kier alpha value is -4.26. The van der Waals surface area contributed by atoms with Crippen molar-refractivity contribution in [1.29, 1.82) is 0 Å². The van der Waals surface area contributed by atoms with E-state index in [1.54, 1.807) is 18.3 Å². The standard InChI is InChI=1S/C25H22N4O3/c1-18-6-8-20(9-7-18)16-28-17-21(23-4-2-3-5-24(23)28)15-26-27-25(30)14-19-10-12-22(13-11-19)29(31)32/h2-13,15,17H,14,16H2,1H3,(H,27,30)/b26-15-. The fourth-order valence-corrected chi connectivity index (χ4v) is 3.53. The zero-order valence-electron chi connectivity index (χ0n) is 17.6. The van der Waals surface area contributed by atoms with Crippen molar-refractivity contribution in [2.24, 2.45) is 5.10 Å². The number of benzene rings is 3. The molecule has 32 heavy (non-hydrogen) atoms. The number of fused-ring (bicyclic) bond motifs is 1. The predicted molar refractivity (Wildman–Crippen MR) is 125 cm³/mol. The van der Waals surface area contributed by atoms with E-state index in [9.17, 15) is 14.9 Å². The highest BCUT2D eigenvalue weighted by molar-refractivity contribution is 5.99. The number of nitro benzene ring substituents is 1. The molecule has 0 aliphatic rings. The Labute approximate surface area is 185 Å². The van der Waals surface area contributed by atoms with Gasteiger partial charge < -0.3 is 4.57 Å². The Balaban J connectivity index is 1.45. The Kier molecular flexibility index (Phi) is 6.07. The van der Waals surface area contributed by atoms with Crippen molar-refractivity contribution in [2.45, 2.75) is 19.9 Å². The molecular weight excluding hydrogens is 404 g/mol. The van der Waals surface area contributed by atoms with Crippen molar-refractivity contribution in [1.82, 2.24) is 9.99 Å². The number of hydrogen-bond donors (Lipinski definition) is 1. The first-order chi connectivity index (χ1) is 15.5. The summed E-state index contributed by atoms with van der Waals surface area (Å²) in [4.78, 5) is 22.5. The normalized spacial score (nSPS) is 11.2. The van der Waals surface area contributed by atoms with Crippen LogP contribution < -0.4 is 5.43 Å². The lowest BCUT2D eigenvalue weighted by molar-refractivity contribution is -0.384. The monoisotopic (exact) mass is 426 g/mol. The molecule has 0 bridgehead atoms. The van der Waals surface area contributed by atoms with Gasteiger partial charge in [0, 0.05) is 41.3 Å². The van der Waals surface area contributed by atoms with Gasteiger partial charge in [-0.15, -0.1) is 0 Å². The number of carbonyl (C=O) groups excluding carboxylic acids is 1. The van der Waals surface area contributed by atoms with Gasteiger partial charge in [-0.25, -0.2) is 5.43 Å². The molecule has 0 radical (unpaired) electrons. The molecule has 3 aromatic carbocycles. The SMILES string of the molecule is Cc1ccc(Cn2cc(/C=N\NC(=O)Cc3ccc([N+](=O)[O-])cc3)c3ccccc32)cc1. The summed E-state index contributed by atoms with van der Waals surface area (Å²) >= 11 is 0. The number of hydrogen-bond acceptors (Lipinski definition) is 4. The lowest BCUT2D eigenvalue weighted by Crippen LogP contribution is -2.19. The van der Waals surface area contributed by atoms with Crippen LogP contribution in [0.25, 0.3) is 10.9 Å². The van der Waals surface area contributed by atoms with Crippen LogP contribution in [0, 0.1) is 17.0 Å². The van der Waals surface area contributed by atoms with Gasteiger partial charge in [0.1, 0.15) is 0 Å². The maximum atomic E-state index is 12.2. The second kappa shape index (κ2) is 9.26. The van der Waals surface area contributed by atoms with Crippen LogP contribution in [0.2, 0.25) is 0 Å². The molecule has 0 aliphatic carbocycles. The Bertz CT molecular complexity index is 1290. The molecule has 0 unspecified atom stereocenters. The minimum atomic E-state index is -0.469. The van der Waals surface area contributed by atoms with Crippen molar-refractivity contribution >= 4 is 28.7 Å². The van der Waals surface area contributed by atoms with Gasteiger partial charge in [-0.3, -0.25) is 14.9 Å². The van der Waals surface area contributed by atoms with Gasteiger partial charge in [0.05, 0.1) is 17.6 Å². The highest BCUT2D eigenvalue weighted by Gasteiger charge is 2.09. The second-order valence-electron chi connectivity index (χ2n) is 7.61. The number of para-hydroxylation sites is 1. The number of carbonyl (C=O) groups is 1. The van der Waals surface area contributed by atoms with Gasteiger partial charge in [-0.2, -0.15) is 5.10 Å². The molecule has 1 amide bonds. The molecule has 4 aromatic rings. The van der Waals surface area contributed by atoms with Crippen molar-refractivity contribution in [2.75, 3.05) is 0 Å². The molecule has 7 heteroatoms. The van der Waals surface area contributed by atoms with Gasteiger partial charge in [0.2, 0.25) is 5.91 Å². The highest BCUT2D eigenvalue weighted by atomic mass is 16.6. The van der Waals surface area contributed by atoms with Crippen LogP contribution in [0.15, 0.2) is 84.1 Å². The molecule has 1 heterocycles. The van der Waals surface area contributed by atoms with Crippen molar-refractivity contribution in [3.05, 3.63) is 111 Å². The van der Waals surface area contributed by atoms with E-state index in [0.29, 0.717) is 5.56 Å². The minimum absolute atomic E-state index is 0.00536. The summed E-state index contributed by atoms with van der Waals surface area (Å²) in [5.41, 5.74) is 7.63. The maximum Gasteiger partial charge on any atom is 0.269 e. The number of rotatable bonds is 7. The first kappa shape index (κ1) is 21.0. The average Bonchev–Trinajstić information content (AvgIpc) is 3.13. The van der Waals surface area contributed by atoms with Gasteiger partial charge in [0.25, 0.3) is 5.69 Å². The number of nitrogens with zero attached hydrogens (tertiary/aromatic N) is 3. The fraction of sp³-hybridized carbons (Fsp3) is 0.120. The van der Waals surface area contributed by atoms with E-state index in [-0.39, 0.29) is 18.0 Å². The summed E-state index contributed by atoms with van der Waals surface area (Å²) in [5.74, 6) is -0.293. The minimum Gasteiger partial charge on any atom is -0.342 e. The van der Waals surface area contributed by atoms with Crippen LogP contribution in [0.3, 0.4) is 0 Å². The highest BCUT2D eigenvalue weighted by Crippen LogP contribution is 2.21. The third kappa shape index (κ3) is 4.89. The average molecular weight is 426 g/mol. The zero-order chi connectivity index (χ0) is 22.5. The lowest BCUT2D eigenvalue weighted by atomic mass is 10.1. The molecule has 0 atom stereocenters. The molecule has 160 valence electrons. The van der Waals surface area contributed by atoms with Crippen LogP contribution >= 0.6 is 0 Å². The van der Waals surface area contributed by atoms with E-state index in [1.807, 2.05) is 24.4 Å². The van der Waals surface area contributed by atoms with E-state index in [4.69, 9.17) is 0 Å². The lowest BCUT2D eigenvalue weighted by Gasteiger charge is -2.06. The van der Waals surface area contributed by atoms with Crippen LogP contribution in [0.5, 0.6) is 0 Å². The van der Waals surface area contributed by atoms with Crippen LogP contribution in [-0.2, 0) is 17.8 Å². The van der Waals surface area contributed by atoms with Crippen molar-refractivity contribution < 1.29 is 9.72 Å². The van der Waals surface area contributed by atoms with Gasteiger partial charge in [-0.1, -0.05) is 60.2 Å². The van der Waals surface area contributed by atoms with E-state index in [2.05, 4.69) is 52.3 Å².